The van der Waals surface area contributed by atoms with Crippen molar-refractivity contribution in [1.29, 1.82) is 0 Å². The first-order valence-electron chi connectivity index (χ1n) is 10.3. The molecule has 3 rings (SSSR count). The van der Waals surface area contributed by atoms with Crippen LogP contribution in [0.2, 0.25) is 0 Å². The number of halogens is 3. The molecule has 0 spiro atoms. The second-order valence-electron chi connectivity index (χ2n) is 8.29. The molecule has 1 aromatic heterocycles. The number of ketones is 1. The fourth-order valence-corrected chi connectivity index (χ4v) is 3.59. The number of fused-ring (bicyclic) bond motifs is 1. The lowest BCUT2D eigenvalue weighted by molar-refractivity contribution is -0.120. The van der Waals surface area contributed by atoms with Gasteiger partial charge in [0.1, 0.15) is 17.4 Å². The maximum Gasteiger partial charge on any atom is 0.413 e. The van der Waals surface area contributed by atoms with Crippen LogP contribution in [0.4, 0.5) is 18.0 Å². The topological polar surface area (TPSA) is 101 Å². The van der Waals surface area contributed by atoms with Gasteiger partial charge in [0.25, 0.3) is 6.43 Å². The number of alkyl halides is 2. The van der Waals surface area contributed by atoms with E-state index in [1.807, 2.05) is 0 Å². The Morgan fingerprint density at radius 1 is 1.24 bits per heavy atom. The van der Waals surface area contributed by atoms with E-state index in [2.05, 4.69) is 20.0 Å². The number of hydrogen-bond donors (Lipinski definition) is 2. The third kappa shape index (κ3) is 6.61. The molecule has 0 fully saturated rings. The number of aromatic nitrogens is 1. The van der Waals surface area contributed by atoms with Gasteiger partial charge in [0, 0.05) is 36.2 Å². The minimum Gasteiger partial charge on any atom is -0.443 e. The Labute approximate surface area is 188 Å². The molecule has 2 heterocycles. The first-order valence-corrected chi connectivity index (χ1v) is 10.3. The standard InChI is InChI=1S/C23H24F3N3O4/c1-23(2,32)19(13-3-5-15(24)6-4-13)9-17(30)8-16-7-14-10-28-21(18(14)11-27-16)29-22(31)33-12-20(25)26/h3-7,11,19-20,32H,8-10,12H2,1-2H3,(H,28,29,31)/t19-/m0/s1. The van der Waals surface area contributed by atoms with Gasteiger partial charge in [-0.25, -0.2) is 18.0 Å². The van der Waals surface area contributed by atoms with Crippen molar-refractivity contribution in [2.75, 3.05) is 6.61 Å². The van der Waals surface area contributed by atoms with Gasteiger partial charge in [-0.15, -0.1) is 0 Å². The van der Waals surface area contributed by atoms with E-state index in [1.54, 1.807) is 32.0 Å². The minimum atomic E-state index is -2.77. The van der Waals surface area contributed by atoms with Crippen molar-refractivity contribution in [3.8, 4) is 0 Å². The molecule has 10 heteroatoms. The SMILES string of the molecule is CC(C)(O)[C@@H](CC(=O)Cc1cc2c(cn1)C(NC(=O)OCC(F)F)=NC2)c1ccc(F)cc1. The highest BCUT2D eigenvalue weighted by molar-refractivity contribution is 6.08. The number of nitrogens with zero attached hydrogens (tertiary/aromatic N) is 2. The maximum atomic E-state index is 13.3. The van der Waals surface area contributed by atoms with Crippen molar-refractivity contribution >= 4 is 17.7 Å². The lowest BCUT2D eigenvalue weighted by Crippen LogP contribution is -2.32. The number of carbonyl (C=O) groups excluding carboxylic acids is 2. The number of Topliss-reactive ketones (excluding diaryl/α,β-unsaturated/α-hetero) is 1. The zero-order chi connectivity index (χ0) is 24.2. The molecule has 0 aliphatic carbocycles. The van der Waals surface area contributed by atoms with Crippen LogP contribution in [-0.4, -0.2) is 46.4 Å². The number of aliphatic imine (C=N–C) groups is 1. The van der Waals surface area contributed by atoms with Crippen LogP contribution in [0.5, 0.6) is 0 Å². The number of amidine groups is 1. The van der Waals surface area contributed by atoms with Gasteiger partial charge < -0.3 is 9.84 Å². The summed E-state index contributed by atoms with van der Waals surface area (Å²) in [5, 5.41) is 12.9. The van der Waals surface area contributed by atoms with Crippen molar-refractivity contribution in [1.82, 2.24) is 10.3 Å². The van der Waals surface area contributed by atoms with Gasteiger partial charge in [-0.2, -0.15) is 0 Å². The molecule has 7 nitrogen and oxygen atoms in total. The molecule has 0 bridgehead atoms. The van der Waals surface area contributed by atoms with E-state index in [9.17, 15) is 27.9 Å². The third-order valence-electron chi connectivity index (χ3n) is 5.20. The molecule has 1 amide bonds. The second-order valence-corrected chi connectivity index (χ2v) is 8.29. The first kappa shape index (κ1) is 24.4. The summed E-state index contributed by atoms with van der Waals surface area (Å²) in [6, 6.07) is 7.37. The second kappa shape index (κ2) is 10.1. The summed E-state index contributed by atoms with van der Waals surface area (Å²) in [7, 11) is 0. The van der Waals surface area contributed by atoms with Crippen LogP contribution in [0.25, 0.3) is 0 Å². The fraction of sp³-hybridized carbons (Fsp3) is 0.391. The summed E-state index contributed by atoms with van der Waals surface area (Å²) in [4.78, 5) is 32.7. The lowest BCUT2D eigenvalue weighted by Gasteiger charge is -2.29. The van der Waals surface area contributed by atoms with E-state index in [1.165, 1.54) is 18.3 Å². The van der Waals surface area contributed by atoms with E-state index in [0.29, 0.717) is 16.8 Å². The fourth-order valence-electron chi connectivity index (χ4n) is 3.59. The Hall–Kier alpha value is -3.27. The van der Waals surface area contributed by atoms with Crippen LogP contribution in [0.3, 0.4) is 0 Å². The highest BCUT2D eigenvalue weighted by Gasteiger charge is 2.31. The van der Waals surface area contributed by atoms with Crippen LogP contribution < -0.4 is 5.32 Å². The van der Waals surface area contributed by atoms with Crippen molar-refractivity contribution in [3.05, 3.63) is 64.7 Å². The van der Waals surface area contributed by atoms with Crippen molar-refractivity contribution in [3.63, 3.8) is 0 Å². The maximum absolute atomic E-state index is 13.3. The summed E-state index contributed by atoms with van der Waals surface area (Å²) in [5.74, 6) is -0.932. The van der Waals surface area contributed by atoms with Crippen molar-refractivity contribution in [2.45, 2.75) is 51.2 Å². The lowest BCUT2D eigenvalue weighted by atomic mass is 9.80. The molecule has 176 valence electrons. The molecule has 1 aliphatic rings. The molecule has 33 heavy (non-hydrogen) atoms. The average Bonchev–Trinajstić information content (AvgIpc) is 3.12. The van der Waals surface area contributed by atoms with Gasteiger partial charge in [0.2, 0.25) is 0 Å². The van der Waals surface area contributed by atoms with E-state index in [4.69, 9.17) is 0 Å². The molecule has 1 atom stereocenters. The van der Waals surface area contributed by atoms with Crippen LogP contribution in [-0.2, 0) is 22.5 Å². The monoisotopic (exact) mass is 463 g/mol. The summed E-state index contributed by atoms with van der Waals surface area (Å²) in [6.07, 6.45) is -2.31. The molecule has 0 radical (unpaired) electrons. The summed E-state index contributed by atoms with van der Waals surface area (Å²) < 4.78 is 41.9. The summed E-state index contributed by atoms with van der Waals surface area (Å²) >= 11 is 0. The molecule has 2 N–H and O–H groups in total. The Morgan fingerprint density at radius 2 is 1.94 bits per heavy atom. The smallest absolute Gasteiger partial charge is 0.413 e. The number of aliphatic hydroxyl groups is 1. The van der Waals surface area contributed by atoms with E-state index < -0.39 is 36.5 Å². The minimum absolute atomic E-state index is 0.0141. The molecule has 1 aliphatic heterocycles. The summed E-state index contributed by atoms with van der Waals surface area (Å²) in [5.41, 5.74) is 1.17. The number of nitrogens with one attached hydrogen (secondary N) is 1. The predicted octanol–water partition coefficient (Wildman–Crippen LogP) is 3.53. The van der Waals surface area contributed by atoms with Gasteiger partial charge in [-0.3, -0.25) is 20.1 Å². The largest absolute Gasteiger partial charge is 0.443 e. The Kier molecular flexibility index (Phi) is 7.47. The first-order chi connectivity index (χ1) is 15.5. The van der Waals surface area contributed by atoms with Crippen LogP contribution in [0.1, 0.15) is 48.6 Å². The summed E-state index contributed by atoms with van der Waals surface area (Å²) in [6.45, 7) is 2.40. The molecular weight excluding hydrogens is 439 g/mol. The average molecular weight is 463 g/mol. The normalized spacial score (nSPS) is 14.0. The molecule has 1 aromatic carbocycles. The van der Waals surface area contributed by atoms with E-state index in [-0.39, 0.29) is 31.0 Å². The van der Waals surface area contributed by atoms with Crippen LogP contribution in [0, 0.1) is 5.82 Å². The van der Waals surface area contributed by atoms with Crippen molar-refractivity contribution in [2.24, 2.45) is 4.99 Å². The number of carbonyl (C=O) groups is 2. The molecule has 0 saturated heterocycles. The zero-order valence-corrected chi connectivity index (χ0v) is 18.1. The van der Waals surface area contributed by atoms with Gasteiger partial charge in [0.05, 0.1) is 12.1 Å². The van der Waals surface area contributed by atoms with Gasteiger partial charge in [-0.05, 0) is 43.2 Å². The number of rotatable bonds is 8. The predicted molar refractivity (Wildman–Crippen MR) is 114 cm³/mol. The molecule has 0 unspecified atom stereocenters. The van der Waals surface area contributed by atoms with Gasteiger partial charge in [-0.1, -0.05) is 12.1 Å². The number of amides is 1. The third-order valence-corrected chi connectivity index (χ3v) is 5.20. The van der Waals surface area contributed by atoms with E-state index in [0.717, 1.165) is 5.56 Å². The highest BCUT2D eigenvalue weighted by Crippen LogP contribution is 2.32. The van der Waals surface area contributed by atoms with Gasteiger partial charge >= 0.3 is 6.09 Å². The number of ether oxygens (including phenoxy) is 1. The van der Waals surface area contributed by atoms with Crippen LogP contribution in [0.15, 0.2) is 41.5 Å². The Bertz CT molecular complexity index is 1050. The number of pyridine rings is 1. The Balaban J connectivity index is 1.64. The van der Waals surface area contributed by atoms with Crippen molar-refractivity contribution < 1.29 is 32.6 Å². The Morgan fingerprint density at radius 3 is 2.58 bits per heavy atom. The zero-order valence-electron chi connectivity index (χ0n) is 18.1. The molecular formula is C23H24F3N3O4. The molecule has 0 saturated carbocycles. The number of benzene rings is 1. The highest BCUT2D eigenvalue weighted by atomic mass is 19.3. The van der Waals surface area contributed by atoms with E-state index >= 15 is 0 Å². The number of alkyl carbamates (subject to hydrolysis) is 1. The molecule has 2 aromatic rings. The van der Waals surface area contributed by atoms with Crippen LogP contribution >= 0.6 is 0 Å². The quantitative estimate of drug-likeness (QED) is 0.624. The number of hydrogen-bond acceptors (Lipinski definition) is 6. The van der Waals surface area contributed by atoms with Gasteiger partial charge in [0.15, 0.2) is 6.61 Å².